The lowest BCUT2D eigenvalue weighted by Gasteiger charge is -2.05. The highest BCUT2D eigenvalue weighted by Crippen LogP contribution is 2.27. The third kappa shape index (κ3) is 3.41. The van der Waals surface area contributed by atoms with Crippen LogP contribution in [0.25, 0.3) is 23.1 Å². The van der Waals surface area contributed by atoms with E-state index in [1.54, 1.807) is 18.5 Å². The number of nitrogens with zero attached hydrogens (tertiary/aromatic N) is 2. The van der Waals surface area contributed by atoms with Crippen LogP contribution in [-0.2, 0) is 9.84 Å². The molecule has 140 valence electrons. The Morgan fingerprint density at radius 2 is 1.57 bits per heavy atom. The Hall–Kier alpha value is -3.39. The van der Waals surface area contributed by atoms with Crippen LogP contribution in [0.3, 0.4) is 0 Å². The minimum absolute atomic E-state index is 0.0787. The molecule has 0 amide bonds. The molecule has 0 aliphatic rings. The summed E-state index contributed by atoms with van der Waals surface area (Å²) in [5.74, 6) is -1.91. The number of aromatic amines is 1. The summed E-state index contributed by atoms with van der Waals surface area (Å²) in [5, 5.41) is 7.58. The van der Waals surface area contributed by atoms with E-state index in [1.807, 2.05) is 18.2 Å². The smallest absolute Gasteiger partial charge is 0.206 e. The first kappa shape index (κ1) is 18.0. The molecule has 8 heteroatoms. The summed E-state index contributed by atoms with van der Waals surface area (Å²) in [5.41, 5.74) is 2.09. The summed E-state index contributed by atoms with van der Waals surface area (Å²) in [4.78, 5) is 3.42. The molecule has 5 nitrogen and oxygen atoms in total. The summed E-state index contributed by atoms with van der Waals surface area (Å²) in [6.07, 6.45) is 6.92. The predicted molar refractivity (Wildman–Crippen MR) is 101 cm³/mol. The van der Waals surface area contributed by atoms with Gasteiger partial charge in [0.1, 0.15) is 11.6 Å². The number of nitrogens with one attached hydrogen (secondary N) is 1. The van der Waals surface area contributed by atoms with Gasteiger partial charge in [0.05, 0.1) is 21.0 Å². The zero-order chi connectivity index (χ0) is 19.7. The Balaban J connectivity index is 1.78. The van der Waals surface area contributed by atoms with Crippen molar-refractivity contribution in [3.8, 4) is 0 Å². The number of rotatable bonds is 4. The molecule has 0 unspecified atom stereocenters. The van der Waals surface area contributed by atoms with Gasteiger partial charge in [-0.15, -0.1) is 0 Å². The number of aromatic nitrogens is 3. The van der Waals surface area contributed by atoms with Gasteiger partial charge in [0.15, 0.2) is 0 Å². The van der Waals surface area contributed by atoms with Crippen LogP contribution in [0.4, 0.5) is 8.78 Å². The molecule has 0 bridgehead atoms. The van der Waals surface area contributed by atoms with E-state index in [0.717, 1.165) is 17.7 Å². The Morgan fingerprint density at radius 1 is 0.857 bits per heavy atom. The number of benzene rings is 2. The molecule has 2 heterocycles. The predicted octanol–water partition coefficient (Wildman–Crippen LogP) is 4.24. The van der Waals surface area contributed by atoms with Crippen LogP contribution in [-0.4, -0.2) is 23.6 Å². The van der Waals surface area contributed by atoms with Crippen LogP contribution in [0.2, 0.25) is 0 Å². The summed E-state index contributed by atoms with van der Waals surface area (Å²) in [6, 6.07) is 10.2. The molecule has 0 spiro atoms. The van der Waals surface area contributed by atoms with Crippen LogP contribution < -0.4 is 0 Å². The van der Waals surface area contributed by atoms with E-state index in [1.165, 1.54) is 18.2 Å². The molecule has 0 aliphatic heterocycles. The number of hydrogen-bond donors (Lipinski definition) is 1. The minimum Gasteiger partial charge on any atom is -0.277 e. The first-order valence-corrected chi connectivity index (χ1v) is 9.69. The number of halogens is 2. The maximum atomic E-state index is 13.5. The zero-order valence-electron chi connectivity index (χ0n) is 14.3. The summed E-state index contributed by atoms with van der Waals surface area (Å²) < 4.78 is 52.6. The van der Waals surface area contributed by atoms with Gasteiger partial charge < -0.3 is 0 Å². The largest absolute Gasteiger partial charge is 0.277 e. The van der Waals surface area contributed by atoms with Crippen molar-refractivity contribution in [1.29, 1.82) is 0 Å². The van der Waals surface area contributed by atoms with Gasteiger partial charge in [-0.25, -0.2) is 17.2 Å². The molecule has 0 saturated heterocycles. The van der Waals surface area contributed by atoms with Crippen LogP contribution in [0.1, 0.15) is 11.3 Å². The quantitative estimate of drug-likeness (QED) is 0.559. The Bertz CT molecular complexity index is 1280. The third-order valence-electron chi connectivity index (χ3n) is 4.16. The second-order valence-corrected chi connectivity index (χ2v) is 7.99. The fraction of sp³-hybridized carbons (Fsp3) is 0. The van der Waals surface area contributed by atoms with Gasteiger partial charge in [-0.1, -0.05) is 6.08 Å². The van der Waals surface area contributed by atoms with E-state index in [2.05, 4.69) is 15.2 Å². The minimum atomic E-state index is -4.09. The first-order valence-electron chi connectivity index (χ1n) is 8.21. The molecule has 0 radical (unpaired) electrons. The molecule has 0 aliphatic carbocycles. The van der Waals surface area contributed by atoms with Crippen molar-refractivity contribution in [1.82, 2.24) is 15.2 Å². The Morgan fingerprint density at radius 3 is 2.29 bits per heavy atom. The van der Waals surface area contributed by atoms with E-state index in [9.17, 15) is 17.2 Å². The van der Waals surface area contributed by atoms with Gasteiger partial charge in [-0.05, 0) is 54.1 Å². The van der Waals surface area contributed by atoms with Crippen molar-refractivity contribution in [3.63, 3.8) is 0 Å². The number of hydrogen-bond acceptors (Lipinski definition) is 4. The van der Waals surface area contributed by atoms with E-state index in [-0.39, 0.29) is 4.90 Å². The van der Waals surface area contributed by atoms with Gasteiger partial charge in [0, 0.05) is 23.8 Å². The highest BCUT2D eigenvalue weighted by molar-refractivity contribution is 7.91. The third-order valence-corrected chi connectivity index (χ3v) is 5.89. The molecule has 2 aromatic carbocycles. The zero-order valence-corrected chi connectivity index (χ0v) is 15.1. The summed E-state index contributed by atoms with van der Waals surface area (Å²) >= 11 is 0. The van der Waals surface area contributed by atoms with Gasteiger partial charge in [-0.3, -0.25) is 10.1 Å². The molecule has 2 aromatic heterocycles. The van der Waals surface area contributed by atoms with Gasteiger partial charge >= 0.3 is 0 Å². The lowest BCUT2D eigenvalue weighted by Crippen LogP contribution is -2.03. The van der Waals surface area contributed by atoms with Crippen molar-refractivity contribution in [2.45, 2.75) is 9.79 Å². The maximum absolute atomic E-state index is 13.5. The number of fused-ring (bicyclic) bond motifs is 1. The van der Waals surface area contributed by atoms with Crippen molar-refractivity contribution >= 4 is 32.9 Å². The van der Waals surface area contributed by atoms with Crippen LogP contribution in [0, 0.1) is 11.6 Å². The highest BCUT2D eigenvalue weighted by atomic mass is 32.2. The van der Waals surface area contributed by atoms with E-state index in [0.29, 0.717) is 22.7 Å². The van der Waals surface area contributed by atoms with Crippen molar-refractivity contribution in [2.75, 3.05) is 0 Å². The second kappa shape index (κ2) is 6.97. The van der Waals surface area contributed by atoms with Gasteiger partial charge in [-0.2, -0.15) is 5.10 Å². The number of H-pyrrole nitrogens is 1. The molecule has 0 fully saturated rings. The highest BCUT2D eigenvalue weighted by Gasteiger charge is 2.21. The van der Waals surface area contributed by atoms with E-state index in [4.69, 9.17) is 0 Å². The molecular formula is C20H13F2N3O2S. The van der Waals surface area contributed by atoms with Gasteiger partial charge in [0.25, 0.3) is 0 Å². The monoisotopic (exact) mass is 397 g/mol. The molecule has 0 atom stereocenters. The molecular weight excluding hydrogens is 384 g/mol. The summed E-state index contributed by atoms with van der Waals surface area (Å²) in [7, 11) is -4.09. The summed E-state index contributed by atoms with van der Waals surface area (Å²) in [6.45, 7) is 0. The molecule has 28 heavy (non-hydrogen) atoms. The van der Waals surface area contributed by atoms with Crippen molar-refractivity contribution in [3.05, 3.63) is 83.8 Å². The van der Waals surface area contributed by atoms with Crippen LogP contribution >= 0.6 is 0 Å². The molecule has 1 N–H and O–H groups in total. The van der Waals surface area contributed by atoms with E-state index < -0.39 is 26.4 Å². The molecule has 4 rings (SSSR count). The normalized spacial score (nSPS) is 12.1. The standard InChI is InChI=1S/C20H13F2N3O2S/c21-14-9-15(22)11-17(10-14)28(26,27)16-2-4-20-18(12-16)19(24-25-20)3-1-13-5-7-23-8-6-13/h1-12H,(H,24,25)/b3-1+. The molecule has 0 saturated carbocycles. The molecule has 4 aromatic rings. The van der Waals surface area contributed by atoms with Crippen molar-refractivity contribution < 1.29 is 17.2 Å². The lowest BCUT2D eigenvalue weighted by atomic mass is 10.2. The Labute approximate surface area is 159 Å². The van der Waals surface area contributed by atoms with Crippen molar-refractivity contribution in [2.24, 2.45) is 0 Å². The fourth-order valence-electron chi connectivity index (χ4n) is 2.78. The first-order chi connectivity index (χ1) is 13.4. The number of pyridine rings is 1. The maximum Gasteiger partial charge on any atom is 0.206 e. The van der Waals surface area contributed by atoms with Crippen LogP contribution in [0.5, 0.6) is 0 Å². The number of sulfone groups is 1. The average molecular weight is 397 g/mol. The van der Waals surface area contributed by atoms with Gasteiger partial charge in [0.2, 0.25) is 9.84 Å². The topological polar surface area (TPSA) is 75.7 Å². The van der Waals surface area contributed by atoms with E-state index >= 15 is 0 Å². The average Bonchev–Trinajstić information content (AvgIpc) is 3.09. The lowest BCUT2D eigenvalue weighted by molar-refractivity contribution is 0.567. The Kier molecular flexibility index (Phi) is 4.48. The SMILES string of the molecule is O=S(=O)(c1cc(F)cc(F)c1)c1ccc2n[nH]c(/C=C/c3ccncc3)c2c1. The second-order valence-electron chi connectivity index (χ2n) is 6.04. The fourth-order valence-corrected chi connectivity index (χ4v) is 4.10. The van der Waals surface area contributed by atoms with Crippen LogP contribution in [0.15, 0.2) is 70.7 Å².